The van der Waals surface area contributed by atoms with Gasteiger partial charge in [0.05, 0.1) is 0 Å². The molecule has 1 atom stereocenters. The number of carbonyl (C=O) groups excluding carboxylic acids is 3. The molecule has 0 heterocycles. The van der Waals surface area contributed by atoms with E-state index in [0.717, 1.165) is 64.2 Å². The molecule has 0 spiro atoms. The largest absolute Gasteiger partial charge is 0.462 e. The number of ether oxygens (including phenoxy) is 3. The van der Waals surface area contributed by atoms with Gasteiger partial charge in [0.1, 0.15) is 13.2 Å². The highest BCUT2D eigenvalue weighted by Crippen LogP contribution is 2.19. The Morgan fingerprint density at radius 3 is 0.663 bits per heavy atom. The van der Waals surface area contributed by atoms with Crippen LogP contribution in [0.1, 0.15) is 432 Å². The van der Waals surface area contributed by atoms with E-state index < -0.39 is 6.10 Å². The van der Waals surface area contributed by atoms with Gasteiger partial charge in [0, 0.05) is 19.3 Å². The monoisotopic (exact) mass is 1170 g/mol. The van der Waals surface area contributed by atoms with E-state index >= 15 is 0 Å². The van der Waals surface area contributed by atoms with Crippen LogP contribution in [0.3, 0.4) is 0 Å². The van der Waals surface area contributed by atoms with Crippen LogP contribution in [0, 0.1) is 0 Å². The van der Waals surface area contributed by atoms with Crippen molar-refractivity contribution in [3.63, 3.8) is 0 Å². The van der Waals surface area contributed by atoms with Gasteiger partial charge >= 0.3 is 17.9 Å². The summed E-state index contributed by atoms with van der Waals surface area (Å²) in [6, 6.07) is 0. The van der Waals surface area contributed by atoms with Gasteiger partial charge in [-0.25, -0.2) is 0 Å². The number of carbonyl (C=O) groups is 3. The minimum absolute atomic E-state index is 0.0641. The highest BCUT2D eigenvalue weighted by molar-refractivity contribution is 5.71. The van der Waals surface area contributed by atoms with Crippen molar-refractivity contribution in [3.8, 4) is 0 Å². The first-order valence-corrected chi connectivity index (χ1v) is 37.8. The minimum atomic E-state index is -0.769. The molecule has 0 aliphatic heterocycles. The molecule has 490 valence electrons. The summed E-state index contributed by atoms with van der Waals surface area (Å²) < 4.78 is 17.0. The number of rotatable bonds is 71. The van der Waals surface area contributed by atoms with E-state index in [4.69, 9.17) is 14.2 Å². The first kappa shape index (κ1) is 80.9. The molecular formula is C77H146O6. The van der Waals surface area contributed by atoms with E-state index in [1.807, 2.05) is 0 Å². The average molecular weight is 1170 g/mol. The molecule has 0 aliphatic rings. The Morgan fingerprint density at radius 2 is 0.434 bits per heavy atom. The molecule has 0 aromatic heterocycles. The Bertz CT molecular complexity index is 1340. The van der Waals surface area contributed by atoms with Crippen molar-refractivity contribution in [1.29, 1.82) is 0 Å². The molecule has 83 heavy (non-hydrogen) atoms. The third-order valence-electron chi connectivity index (χ3n) is 17.5. The van der Waals surface area contributed by atoms with Crippen LogP contribution in [-0.4, -0.2) is 37.2 Å². The maximum atomic E-state index is 13.0. The normalized spacial score (nSPS) is 12.1. The first-order valence-electron chi connectivity index (χ1n) is 37.8. The van der Waals surface area contributed by atoms with Crippen LogP contribution in [0.15, 0.2) is 24.3 Å². The number of unbranched alkanes of at least 4 members (excludes halogenated alkanes) is 56. The molecule has 6 nitrogen and oxygen atoms in total. The first-order chi connectivity index (χ1) is 41.0. The second-order valence-electron chi connectivity index (χ2n) is 25.9. The summed E-state index contributed by atoms with van der Waals surface area (Å²) in [6.45, 7) is 6.72. The van der Waals surface area contributed by atoms with Gasteiger partial charge < -0.3 is 14.2 Å². The lowest BCUT2D eigenvalue weighted by Crippen LogP contribution is -2.30. The molecule has 0 aromatic carbocycles. The van der Waals surface area contributed by atoms with Gasteiger partial charge in [0.2, 0.25) is 0 Å². The fourth-order valence-electron chi connectivity index (χ4n) is 11.8. The summed E-state index contributed by atoms with van der Waals surface area (Å²) in [6.07, 6.45) is 89.4. The molecule has 0 aliphatic carbocycles. The minimum Gasteiger partial charge on any atom is -0.462 e. The van der Waals surface area contributed by atoms with Gasteiger partial charge in [0.25, 0.3) is 0 Å². The highest BCUT2D eigenvalue weighted by Gasteiger charge is 2.20. The third-order valence-corrected chi connectivity index (χ3v) is 17.5. The maximum Gasteiger partial charge on any atom is 0.306 e. The summed E-state index contributed by atoms with van der Waals surface area (Å²) in [5.41, 5.74) is 0. The van der Waals surface area contributed by atoms with Crippen LogP contribution in [0.25, 0.3) is 0 Å². The maximum absolute atomic E-state index is 13.0. The van der Waals surface area contributed by atoms with Gasteiger partial charge in [-0.2, -0.15) is 0 Å². The summed E-state index contributed by atoms with van der Waals surface area (Å²) in [5.74, 6) is -0.827. The zero-order valence-corrected chi connectivity index (χ0v) is 56.5. The summed E-state index contributed by atoms with van der Waals surface area (Å²) in [5, 5.41) is 0. The van der Waals surface area contributed by atoms with E-state index in [1.54, 1.807) is 0 Å². The fraction of sp³-hybridized carbons (Fsp3) is 0.909. The van der Waals surface area contributed by atoms with E-state index in [1.165, 1.54) is 327 Å². The van der Waals surface area contributed by atoms with Gasteiger partial charge in [-0.1, -0.05) is 385 Å². The van der Waals surface area contributed by atoms with Crippen molar-refractivity contribution < 1.29 is 28.6 Å². The van der Waals surface area contributed by atoms with Crippen molar-refractivity contribution in [2.75, 3.05) is 13.2 Å². The lowest BCUT2D eigenvalue weighted by molar-refractivity contribution is -0.167. The Hall–Kier alpha value is -2.11. The molecule has 0 radical (unpaired) electrons. The van der Waals surface area contributed by atoms with Crippen molar-refractivity contribution in [1.82, 2.24) is 0 Å². The van der Waals surface area contributed by atoms with E-state index in [9.17, 15) is 14.4 Å². The van der Waals surface area contributed by atoms with Gasteiger partial charge in [-0.05, 0) is 51.4 Å². The molecule has 0 rings (SSSR count). The molecule has 0 aromatic rings. The standard InChI is InChI=1S/C77H146O6/c1-4-7-10-13-16-19-22-25-28-30-32-34-36-38-40-41-43-45-47-49-52-55-58-61-64-67-70-76(79)82-73-74(72-81-75(78)69-66-63-60-57-54-51-27-24-21-18-15-12-9-6-3)83-77(80)71-68-65-62-59-56-53-50-48-46-44-42-39-37-35-33-31-29-26-23-20-17-14-11-8-5-2/h23,26,31,33,74H,4-22,24-25,27-30,32,34-73H2,1-3H3/b26-23-,33-31-. The Labute approximate surface area is 519 Å². The van der Waals surface area contributed by atoms with Crippen LogP contribution in [-0.2, 0) is 28.6 Å². The average Bonchev–Trinajstić information content (AvgIpc) is 3.49. The Balaban J connectivity index is 4.21. The Kier molecular flexibility index (Phi) is 70.5. The van der Waals surface area contributed by atoms with Gasteiger partial charge in [-0.15, -0.1) is 0 Å². The summed E-state index contributed by atoms with van der Waals surface area (Å²) in [4.78, 5) is 38.5. The number of hydrogen-bond donors (Lipinski definition) is 0. The molecule has 0 amide bonds. The SMILES string of the molecule is CCCCCCC/C=C\C/C=C\CCCCCCCCCCCCCCCC(=O)OC(COC(=O)CCCCCCCCCCCCCCCC)COC(=O)CCCCCCCCCCCCCCCCCCCCCCCCCCCC. The predicted octanol–water partition coefficient (Wildman–Crippen LogP) is 26.1. The van der Waals surface area contributed by atoms with Gasteiger partial charge in [-0.3, -0.25) is 14.4 Å². The van der Waals surface area contributed by atoms with Crippen LogP contribution in [0.4, 0.5) is 0 Å². The quantitative estimate of drug-likeness (QED) is 0.0261. The van der Waals surface area contributed by atoms with E-state index in [2.05, 4.69) is 45.1 Å². The predicted molar refractivity (Wildman–Crippen MR) is 363 cm³/mol. The van der Waals surface area contributed by atoms with Crippen LogP contribution < -0.4 is 0 Å². The molecule has 0 saturated heterocycles. The third kappa shape index (κ3) is 70.5. The molecule has 0 fully saturated rings. The van der Waals surface area contributed by atoms with Crippen LogP contribution >= 0.6 is 0 Å². The van der Waals surface area contributed by atoms with Crippen molar-refractivity contribution in [3.05, 3.63) is 24.3 Å². The molecule has 0 bridgehead atoms. The number of allylic oxidation sites excluding steroid dienone is 4. The van der Waals surface area contributed by atoms with Gasteiger partial charge in [0.15, 0.2) is 6.10 Å². The molecular weight excluding hydrogens is 1020 g/mol. The van der Waals surface area contributed by atoms with E-state index in [0.29, 0.717) is 19.3 Å². The second kappa shape index (κ2) is 72.4. The second-order valence-corrected chi connectivity index (χ2v) is 25.9. The number of hydrogen-bond acceptors (Lipinski definition) is 6. The van der Waals surface area contributed by atoms with Crippen LogP contribution in [0.5, 0.6) is 0 Å². The zero-order chi connectivity index (χ0) is 59.9. The van der Waals surface area contributed by atoms with E-state index in [-0.39, 0.29) is 31.1 Å². The van der Waals surface area contributed by atoms with Crippen LogP contribution in [0.2, 0.25) is 0 Å². The number of esters is 3. The van der Waals surface area contributed by atoms with Crippen molar-refractivity contribution in [2.24, 2.45) is 0 Å². The smallest absolute Gasteiger partial charge is 0.306 e. The van der Waals surface area contributed by atoms with Crippen molar-refractivity contribution >= 4 is 17.9 Å². The lowest BCUT2D eigenvalue weighted by Gasteiger charge is -2.18. The summed E-state index contributed by atoms with van der Waals surface area (Å²) in [7, 11) is 0. The molecule has 0 saturated carbocycles. The van der Waals surface area contributed by atoms with Crippen molar-refractivity contribution in [2.45, 2.75) is 438 Å². The topological polar surface area (TPSA) is 78.9 Å². The molecule has 1 unspecified atom stereocenters. The lowest BCUT2D eigenvalue weighted by atomic mass is 10.0. The zero-order valence-electron chi connectivity index (χ0n) is 56.5. The summed E-state index contributed by atoms with van der Waals surface area (Å²) >= 11 is 0. The Morgan fingerprint density at radius 1 is 0.241 bits per heavy atom. The molecule has 0 N–H and O–H groups in total. The highest BCUT2D eigenvalue weighted by atomic mass is 16.6. The molecule has 6 heteroatoms. The fourth-order valence-corrected chi connectivity index (χ4v) is 11.8.